The second kappa shape index (κ2) is 10.5. The van der Waals surface area contributed by atoms with E-state index in [1.807, 2.05) is 57.7 Å². The highest BCUT2D eigenvalue weighted by Gasteiger charge is 2.27. The van der Waals surface area contributed by atoms with Gasteiger partial charge in [-0.15, -0.1) is 0 Å². The Kier molecular flexibility index (Phi) is 7.21. The molecule has 4 heterocycles. The van der Waals surface area contributed by atoms with E-state index < -0.39 is 0 Å². The van der Waals surface area contributed by atoms with Crippen molar-refractivity contribution in [1.82, 2.24) is 19.4 Å². The van der Waals surface area contributed by atoms with Gasteiger partial charge in [-0.2, -0.15) is 0 Å². The van der Waals surface area contributed by atoms with E-state index in [0.29, 0.717) is 12.6 Å². The number of piperidine rings is 1. The molecule has 1 atom stereocenters. The lowest BCUT2D eigenvalue weighted by molar-refractivity contribution is 0.158. The van der Waals surface area contributed by atoms with Crippen molar-refractivity contribution in [2.75, 3.05) is 18.0 Å². The van der Waals surface area contributed by atoms with Crippen LogP contribution in [0.1, 0.15) is 35.4 Å². The van der Waals surface area contributed by atoms with Gasteiger partial charge in [-0.25, -0.2) is 0 Å². The summed E-state index contributed by atoms with van der Waals surface area (Å²) in [4.78, 5) is 27.4. The van der Waals surface area contributed by atoms with Crippen LogP contribution in [0, 0.1) is 13.8 Å². The number of aromatic nitrogens is 3. The second-order valence-corrected chi connectivity index (χ2v) is 10.8. The lowest BCUT2D eigenvalue weighted by Gasteiger charge is -2.40. The van der Waals surface area contributed by atoms with Crippen molar-refractivity contribution >= 4 is 32.5 Å². The Hall–Kier alpha value is -3.03. The molecule has 7 heteroatoms. The van der Waals surface area contributed by atoms with E-state index >= 15 is 0 Å². The molecule has 36 heavy (non-hydrogen) atoms. The van der Waals surface area contributed by atoms with Gasteiger partial charge in [-0.05, 0) is 74.7 Å². The fourth-order valence-corrected chi connectivity index (χ4v) is 5.59. The van der Waals surface area contributed by atoms with Gasteiger partial charge in [-0.3, -0.25) is 19.7 Å². The zero-order valence-corrected chi connectivity index (χ0v) is 22.7. The molecule has 1 aliphatic heterocycles. The van der Waals surface area contributed by atoms with E-state index in [0.717, 1.165) is 70.5 Å². The first-order valence-electron chi connectivity index (χ1n) is 12.5. The molecular weight excluding hydrogens is 514 g/mol. The molecule has 0 aliphatic carbocycles. The molecule has 0 saturated carbocycles. The maximum atomic E-state index is 13.6. The molecule has 0 N–H and O–H groups in total. The number of halogens is 1. The van der Waals surface area contributed by atoms with Crippen LogP contribution in [0.25, 0.3) is 10.9 Å². The Morgan fingerprint density at radius 2 is 1.92 bits per heavy atom. The number of hydrogen-bond donors (Lipinski definition) is 0. The molecule has 0 amide bonds. The summed E-state index contributed by atoms with van der Waals surface area (Å²) in [6.07, 6.45) is 8.06. The normalized spacial score (nSPS) is 16.1. The molecule has 6 nitrogen and oxygen atoms in total. The highest BCUT2D eigenvalue weighted by Crippen LogP contribution is 2.25. The lowest BCUT2D eigenvalue weighted by Crippen LogP contribution is -2.48. The second-order valence-electron chi connectivity index (χ2n) is 9.87. The molecule has 0 bridgehead atoms. The number of nitrogens with zero attached hydrogens (tertiary/aromatic N) is 5. The minimum absolute atomic E-state index is 0.113. The average molecular weight is 547 g/mol. The van der Waals surface area contributed by atoms with Gasteiger partial charge in [-0.1, -0.05) is 15.9 Å². The Morgan fingerprint density at radius 3 is 2.69 bits per heavy atom. The predicted molar refractivity (Wildman–Crippen MR) is 149 cm³/mol. The third-order valence-corrected chi connectivity index (χ3v) is 7.61. The van der Waals surface area contributed by atoms with E-state index in [9.17, 15) is 4.79 Å². The fourth-order valence-electron chi connectivity index (χ4n) is 5.24. The lowest BCUT2D eigenvalue weighted by atomic mass is 10.0. The van der Waals surface area contributed by atoms with Gasteiger partial charge >= 0.3 is 0 Å². The van der Waals surface area contributed by atoms with Crippen LogP contribution in [0.3, 0.4) is 0 Å². The van der Waals surface area contributed by atoms with Crippen LogP contribution in [0.2, 0.25) is 0 Å². The summed E-state index contributed by atoms with van der Waals surface area (Å²) in [5.41, 5.74) is 6.30. The third-order valence-electron chi connectivity index (χ3n) is 7.12. The minimum atomic E-state index is 0.113. The molecule has 0 spiro atoms. The van der Waals surface area contributed by atoms with Crippen LogP contribution in [0.4, 0.5) is 5.69 Å². The van der Waals surface area contributed by atoms with Gasteiger partial charge in [0.15, 0.2) is 5.43 Å². The van der Waals surface area contributed by atoms with Crippen LogP contribution in [0.5, 0.6) is 0 Å². The molecule has 1 fully saturated rings. The van der Waals surface area contributed by atoms with Crippen molar-refractivity contribution in [3.63, 3.8) is 0 Å². The van der Waals surface area contributed by atoms with Crippen LogP contribution in [0.15, 0.2) is 70.3 Å². The molecule has 186 valence electrons. The quantitative estimate of drug-likeness (QED) is 0.325. The van der Waals surface area contributed by atoms with Crippen LogP contribution in [-0.2, 0) is 20.1 Å². The Morgan fingerprint density at radius 1 is 1.06 bits per heavy atom. The fraction of sp³-hybridized carbons (Fsp3) is 0.345. The largest absolute Gasteiger partial charge is 0.369 e. The summed E-state index contributed by atoms with van der Waals surface area (Å²) >= 11 is 3.54. The van der Waals surface area contributed by atoms with Gasteiger partial charge in [0, 0.05) is 78.5 Å². The van der Waals surface area contributed by atoms with Crippen LogP contribution < -0.4 is 10.3 Å². The molecule has 5 rings (SSSR count). The first-order chi connectivity index (χ1) is 17.4. The third kappa shape index (κ3) is 5.37. The number of pyridine rings is 3. The Balaban J connectivity index is 1.48. The predicted octanol–water partition coefficient (Wildman–Crippen LogP) is 5.38. The molecule has 3 aromatic heterocycles. The molecule has 0 radical (unpaired) electrons. The first kappa shape index (κ1) is 24.7. The zero-order valence-electron chi connectivity index (χ0n) is 21.1. The SMILES string of the molecule is Cc1ccc(N2CCCC(N(Cc3ccnc(C)c3)Cc3cn(C)c4cc(Br)ccc4c3=O)C2)cn1. The summed E-state index contributed by atoms with van der Waals surface area (Å²) in [6.45, 7) is 7.35. The van der Waals surface area contributed by atoms with Gasteiger partial charge in [0.1, 0.15) is 0 Å². The van der Waals surface area contributed by atoms with Crippen LogP contribution in [-0.4, -0.2) is 38.6 Å². The Bertz CT molecular complexity index is 1430. The van der Waals surface area contributed by atoms with E-state index in [4.69, 9.17) is 0 Å². The average Bonchev–Trinajstić information content (AvgIpc) is 2.87. The van der Waals surface area contributed by atoms with E-state index in [1.54, 1.807) is 0 Å². The molecule has 1 unspecified atom stereocenters. The van der Waals surface area contributed by atoms with Crippen molar-refractivity contribution in [3.8, 4) is 0 Å². The van der Waals surface area contributed by atoms with Crippen molar-refractivity contribution < 1.29 is 0 Å². The molecule has 1 saturated heterocycles. The van der Waals surface area contributed by atoms with E-state index in [2.05, 4.69) is 64.5 Å². The topological polar surface area (TPSA) is 54.3 Å². The minimum Gasteiger partial charge on any atom is -0.369 e. The standard InChI is InChI=1S/C29H32BrN5O/c1-20-6-8-25(15-32-20)34-12-4-5-26(19-34)35(16-22-10-11-31-21(2)13-22)18-23-17-33(3)28-14-24(30)7-9-27(28)29(23)36/h6-11,13-15,17,26H,4-5,12,16,18-19H2,1-3H3. The number of aryl methyl sites for hydroxylation is 3. The monoisotopic (exact) mass is 545 g/mol. The van der Waals surface area contributed by atoms with Crippen molar-refractivity contribution in [1.29, 1.82) is 0 Å². The first-order valence-corrected chi connectivity index (χ1v) is 13.3. The van der Waals surface area contributed by atoms with Gasteiger partial charge in [0.05, 0.1) is 17.4 Å². The molecular formula is C29H32BrN5O. The zero-order chi connectivity index (χ0) is 25.2. The van der Waals surface area contributed by atoms with Gasteiger partial charge < -0.3 is 9.47 Å². The number of rotatable bonds is 6. The molecule has 1 aromatic carbocycles. The summed E-state index contributed by atoms with van der Waals surface area (Å²) in [7, 11) is 2.01. The summed E-state index contributed by atoms with van der Waals surface area (Å²) < 4.78 is 3.04. The number of benzene rings is 1. The summed E-state index contributed by atoms with van der Waals surface area (Å²) in [5.74, 6) is 0. The molecule has 1 aliphatic rings. The highest BCUT2D eigenvalue weighted by atomic mass is 79.9. The van der Waals surface area contributed by atoms with Gasteiger partial charge in [0.2, 0.25) is 0 Å². The van der Waals surface area contributed by atoms with Crippen molar-refractivity contribution in [2.45, 2.75) is 45.8 Å². The number of anilines is 1. The van der Waals surface area contributed by atoms with Crippen molar-refractivity contribution in [2.24, 2.45) is 7.05 Å². The van der Waals surface area contributed by atoms with Crippen molar-refractivity contribution in [3.05, 3.63) is 98.3 Å². The summed E-state index contributed by atoms with van der Waals surface area (Å²) in [5, 5.41) is 0.758. The van der Waals surface area contributed by atoms with Crippen LogP contribution >= 0.6 is 15.9 Å². The number of hydrogen-bond acceptors (Lipinski definition) is 5. The maximum absolute atomic E-state index is 13.6. The summed E-state index contributed by atoms with van der Waals surface area (Å²) in [6, 6.07) is 14.7. The highest BCUT2D eigenvalue weighted by molar-refractivity contribution is 9.10. The van der Waals surface area contributed by atoms with Gasteiger partial charge in [0.25, 0.3) is 0 Å². The number of fused-ring (bicyclic) bond motifs is 1. The maximum Gasteiger partial charge on any atom is 0.193 e. The molecule has 4 aromatic rings. The Labute approximate surface area is 220 Å². The van der Waals surface area contributed by atoms with E-state index in [-0.39, 0.29) is 5.43 Å². The van der Waals surface area contributed by atoms with E-state index in [1.165, 1.54) is 5.56 Å². The smallest absolute Gasteiger partial charge is 0.193 e.